The van der Waals surface area contributed by atoms with E-state index in [-0.39, 0.29) is 24.4 Å². The molecule has 3 N–H and O–H groups in total. The number of nitrogens with zero attached hydrogens (tertiary/aromatic N) is 2. The summed E-state index contributed by atoms with van der Waals surface area (Å²) in [6.45, 7) is 3.82. The second kappa shape index (κ2) is 19.8. The first-order valence-electron chi connectivity index (χ1n) is 15.6. The number of alkyl halides is 3. The molecule has 262 valence electrons. The second-order valence-electron chi connectivity index (χ2n) is 10.9. The van der Waals surface area contributed by atoms with Crippen molar-refractivity contribution in [3.05, 3.63) is 48.2 Å². The maximum atomic E-state index is 13.6. The molecule has 1 saturated heterocycles. The number of ether oxygens (including phenoxy) is 3. The average Bonchev–Trinajstić information content (AvgIpc) is 3.41. The Morgan fingerprint density at radius 2 is 1.85 bits per heavy atom. The van der Waals surface area contributed by atoms with Crippen LogP contribution in [0.5, 0.6) is 5.75 Å². The van der Waals surface area contributed by atoms with Crippen LogP contribution in [0.4, 0.5) is 24.5 Å². The topological polar surface area (TPSA) is 106 Å². The number of methoxy groups -OCH3 is 2. The second-order valence-corrected chi connectivity index (χ2v) is 12.0. The van der Waals surface area contributed by atoms with E-state index in [1.165, 1.54) is 16.5 Å². The first kappa shape index (κ1) is 38.5. The van der Waals surface area contributed by atoms with Gasteiger partial charge in [-0.1, -0.05) is 18.9 Å². The predicted molar refractivity (Wildman–Crippen MR) is 184 cm³/mol. The quantitative estimate of drug-likeness (QED) is 0.107. The number of hydrogen-bond donors (Lipinski definition) is 3. The van der Waals surface area contributed by atoms with Gasteiger partial charge in [0, 0.05) is 55.2 Å². The number of hydrogen-bond acceptors (Lipinski definition) is 10. The van der Waals surface area contributed by atoms with Gasteiger partial charge in [-0.2, -0.15) is 13.2 Å². The number of nitrogens with one attached hydrogen (secondary N) is 3. The minimum absolute atomic E-state index is 0.141. The molecule has 1 aliphatic rings. The molecule has 14 heteroatoms. The zero-order valence-corrected chi connectivity index (χ0v) is 28.5. The molecule has 0 amide bonds. The van der Waals surface area contributed by atoms with Crippen molar-refractivity contribution in [1.82, 2.24) is 14.2 Å². The van der Waals surface area contributed by atoms with E-state index in [2.05, 4.69) is 32.1 Å². The van der Waals surface area contributed by atoms with Gasteiger partial charge in [0.2, 0.25) is 0 Å². The van der Waals surface area contributed by atoms with Gasteiger partial charge in [-0.15, -0.1) is 0 Å². The van der Waals surface area contributed by atoms with Gasteiger partial charge in [0.25, 0.3) is 6.47 Å². The van der Waals surface area contributed by atoms with E-state index in [1.807, 2.05) is 38.2 Å². The van der Waals surface area contributed by atoms with Crippen LogP contribution in [0, 0.1) is 11.8 Å². The molecule has 1 aliphatic heterocycles. The molecule has 1 unspecified atom stereocenters. The molecule has 10 nitrogen and oxygen atoms in total. The number of aromatic nitrogens is 1. The lowest BCUT2D eigenvalue weighted by Crippen LogP contribution is -2.44. The first-order chi connectivity index (χ1) is 23.2. The summed E-state index contributed by atoms with van der Waals surface area (Å²) in [6, 6.07) is 12.9. The summed E-state index contributed by atoms with van der Waals surface area (Å²) in [5.41, 5.74) is 2.26. The zero-order chi connectivity index (χ0) is 34.9. The molecule has 0 aliphatic carbocycles. The summed E-state index contributed by atoms with van der Waals surface area (Å²) in [6.07, 6.45) is -1.57. The molecule has 0 bridgehead atoms. The largest absolute Gasteiger partial charge is 0.495 e. The molecule has 2 heterocycles. The van der Waals surface area contributed by atoms with Crippen LogP contribution in [0.15, 0.2) is 47.4 Å². The number of piperidine rings is 1. The fourth-order valence-corrected chi connectivity index (χ4v) is 5.84. The molecule has 3 aromatic rings. The summed E-state index contributed by atoms with van der Waals surface area (Å²) in [5.74, 6) is 6.58. The van der Waals surface area contributed by atoms with Crippen LogP contribution in [0.3, 0.4) is 0 Å². The number of anilines is 2. The third kappa shape index (κ3) is 12.0. The number of benzene rings is 2. The van der Waals surface area contributed by atoms with Crippen LogP contribution in [-0.4, -0.2) is 94.6 Å². The lowest BCUT2D eigenvalue weighted by Gasteiger charge is -2.34. The standard InChI is InChI=1S/C31H38F3N5O4S.C3H6O/c1-35-44-25-9-10-28(30(17-25)42-3)36-13-5-6-23-16-26-27(7-4-8-29(26)39(23)20-31(32,33)34)37-22-11-14-38(15-12-22)18-24(19-41-2)43-21-40;1-2-3-4/h4,7-10,16-17,21-22,24,35-37H,11-15,18-20H2,1-3H3;3H,2H2,1H3. The van der Waals surface area contributed by atoms with Gasteiger partial charge >= 0.3 is 6.18 Å². The highest BCUT2D eigenvalue weighted by Crippen LogP contribution is 2.32. The van der Waals surface area contributed by atoms with Crippen LogP contribution in [-0.2, 0) is 25.6 Å². The van der Waals surface area contributed by atoms with Crippen LogP contribution in [0.25, 0.3) is 10.9 Å². The van der Waals surface area contributed by atoms with E-state index in [0.717, 1.165) is 48.5 Å². The number of halogens is 3. The predicted octanol–water partition coefficient (Wildman–Crippen LogP) is 5.56. The van der Waals surface area contributed by atoms with E-state index in [0.29, 0.717) is 42.7 Å². The van der Waals surface area contributed by atoms with Gasteiger partial charge in [0.05, 0.1) is 37.2 Å². The maximum Gasteiger partial charge on any atom is 0.406 e. The molecule has 48 heavy (non-hydrogen) atoms. The van der Waals surface area contributed by atoms with Crippen molar-refractivity contribution in [3.63, 3.8) is 0 Å². The minimum Gasteiger partial charge on any atom is -0.495 e. The highest BCUT2D eigenvalue weighted by atomic mass is 32.2. The molecule has 1 atom stereocenters. The van der Waals surface area contributed by atoms with Crippen molar-refractivity contribution < 1.29 is 37.0 Å². The molecule has 4 rings (SSSR count). The van der Waals surface area contributed by atoms with Crippen molar-refractivity contribution in [1.29, 1.82) is 0 Å². The highest BCUT2D eigenvalue weighted by Gasteiger charge is 2.30. The fraction of sp³-hybridized carbons (Fsp3) is 0.471. The lowest BCUT2D eigenvalue weighted by atomic mass is 10.0. The van der Waals surface area contributed by atoms with Crippen molar-refractivity contribution >= 4 is 47.0 Å². The Kier molecular flexibility index (Phi) is 15.9. The van der Waals surface area contributed by atoms with Crippen molar-refractivity contribution in [2.45, 2.75) is 55.9 Å². The van der Waals surface area contributed by atoms with Crippen LogP contribution in [0.1, 0.15) is 31.9 Å². The van der Waals surface area contributed by atoms with Gasteiger partial charge in [-0.25, -0.2) is 0 Å². The van der Waals surface area contributed by atoms with Gasteiger partial charge in [0.15, 0.2) is 0 Å². The van der Waals surface area contributed by atoms with Crippen LogP contribution >= 0.6 is 11.9 Å². The molecular formula is C34H44F3N5O5S. The van der Waals surface area contributed by atoms with Gasteiger partial charge in [-0.3, -0.25) is 14.4 Å². The van der Waals surface area contributed by atoms with Gasteiger partial charge in [-0.05, 0) is 74.2 Å². The molecule has 0 saturated carbocycles. The Bertz CT molecular complexity index is 1520. The number of carbonyl (C=O) groups is 2. The Balaban J connectivity index is 0.00000148. The van der Waals surface area contributed by atoms with Crippen molar-refractivity contribution in [3.8, 4) is 17.6 Å². The number of rotatable bonds is 15. The number of likely N-dealkylation sites (tertiary alicyclic amines) is 1. The number of fused-ring (bicyclic) bond motifs is 1. The summed E-state index contributed by atoms with van der Waals surface area (Å²) < 4.78 is 60.9. The molecule has 0 spiro atoms. The molecule has 2 aromatic carbocycles. The average molecular weight is 692 g/mol. The molecule has 1 fully saturated rings. The summed E-state index contributed by atoms with van der Waals surface area (Å²) in [5, 5.41) is 7.43. The molecular weight excluding hydrogens is 647 g/mol. The number of aldehydes is 1. The first-order valence-corrected chi connectivity index (χ1v) is 16.4. The van der Waals surface area contributed by atoms with E-state index in [4.69, 9.17) is 14.2 Å². The van der Waals surface area contributed by atoms with E-state index in [9.17, 15) is 22.8 Å². The van der Waals surface area contributed by atoms with Gasteiger partial charge < -0.3 is 34.2 Å². The minimum atomic E-state index is -4.41. The van der Waals surface area contributed by atoms with E-state index in [1.54, 1.807) is 32.4 Å². The third-order valence-electron chi connectivity index (χ3n) is 7.44. The van der Waals surface area contributed by atoms with Crippen molar-refractivity contribution in [2.75, 3.05) is 64.7 Å². The van der Waals surface area contributed by atoms with Gasteiger partial charge in [0.1, 0.15) is 24.7 Å². The third-order valence-corrected chi connectivity index (χ3v) is 8.13. The van der Waals surface area contributed by atoms with E-state index >= 15 is 0 Å². The Morgan fingerprint density at radius 3 is 2.48 bits per heavy atom. The summed E-state index contributed by atoms with van der Waals surface area (Å²) in [7, 11) is 4.97. The fourth-order valence-electron chi connectivity index (χ4n) is 5.30. The maximum absolute atomic E-state index is 13.6. The normalized spacial score (nSPS) is 14.2. The van der Waals surface area contributed by atoms with Crippen LogP contribution in [0.2, 0.25) is 0 Å². The van der Waals surface area contributed by atoms with Crippen molar-refractivity contribution in [2.24, 2.45) is 0 Å². The monoisotopic (exact) mass is 691 g/mol. The summed E-state index contributed by atoms with van der Waals surface area (Å²) in [4.78, 5) is 23.2. The van der Waals surface area contributed by atoms with E-state index < -0.39 is 12.7 Å². The van der Waals surface area contributed by atoms with Crippen LogP contribution < -0.4 is 20.1 Å². The number of carbonyl (C=O) groups excluding carboxylic acids is 2. The Labute approximate surface area is 284 Å². The Morgan fingerprint density at radius 1 is 1.10 bits per heavy atom. The SMILES string of the molecule is CCC=O.CNSc1ccc(NCC#Cc2cc3c(NC4CCN(CC(COC)OC=O)CC4)cccc3n2CC(F)(F)F)c(OC)c1. The Hall–Kier alpha value is -3.90. The smallest absolute Gasteiger partial charge is 0.406 e. The highest BCUT2D eigenvalue weighted by molar-refractivity contribution is 7.97. The molecule has 1 aromatic heterocycles. The molecule has 0 radical (unpaired) electrons. The lowest BCUT2D eigenvalue weighted by molar-refractivity contribution is -0.140. The summed E-state index contributed by atoms with van der Waals surface area (Å²) >= 11 is 1.46. The zero-order valence-electron chi connectivity index (χ0n) is 27.7.